The molecule has 2 rings (SSSR count). The van der Waals surface area contributed by atoms with Crippen LogP contribution in [0, 0.1) is 0 Å². The molecular weight excluding hydrogens is 266 g/mol. The fraction of sp³-hybridized carbons (Fsp3) is 0.385. The SMILES string of the molecule is CCc1nc(Cl)cc(NC(C)Cc2ccsc2)n1. The average molecular weight is 282 g/mol. The fourth-order valence-electron chi connectivity index (χ4n) is 1.76. The Bertz CT molecular complexity index is 499. The minimum Gasteiger partial charge on any atom is -0.367 e. The topological polar surface area (TPSA) is 37.8 Å². The van der Waals surface area contributed by atoms with Crippen LogP contribution in [-0.4, -0.2) is 16.0 Å². The highest BCUT2D eigenvalue weighted by molar-refractivity contribution is 7.07. The average Bonchev–Trinajstić information content (AvgIpc) is 2.80. The zero-order valence-electron chi connectivity index (χ0n) is 10.5. The Balaban J connectivity index is 2.02. The lowest BCUT2D eigenvalue weighted by Gasteiger charge is -2.14. The van der Waals surface area contributed by atoms with Crippen LogP contribution in [0.1, 0.15) is 25.2 Å². The van der Waals surface area contributed by atoms with Crippen LogP contribution in [0.5, 0.6) is 0 Å². The summed E-state index contributed by atoms with van der Waals surface area (Å²) in [7, 11) is 0. The van der Waals surface area contributed by atoms with E-state index in [4.69, 9.17) is 11.6 Å². The first-order valence-electron chi connectivity index (χ1n) is 5.98. The van der Waals surface area contributed by atoms with Crippen molar-refractivity contribution in [2.24, 2.45) is 0 Å². The maximum absolute atomic E-state index is 5.97. The van der Waals surface area contributed by atoms with Gasteiger partial charge in [0.25, 0.3) is 0 Å². The number of hydrogen-bond acceptors (Lipinski definition) is 4. The Labute approximate surface area is 116 Å². The van der Waals surface area contributed by atoms with Gasteiger partial charge in [0.2, 0.25) is 0 Å². The molecule has 3 nitrogen and oxygen atoms in total. The number of thiophene rings is 1. The zero-order chi connectivity index (χ0) is 13.0. The van der Waals surface area contributed by atoms with Crippen molar-refractivity contribution in [3.63, 3.8) is 0 Å². The second-order valence-corrected chi connectivity index (χ2v) is 5.39. The molecule has 0 aliphatic heterocycles. The van der Waals surface area contributed by atoms with Crippen molar-refractivity contribution in [2.45, 2.75) is 32.7 Å². The number of hydrogen-bond donors (Lipinski definition) is 1. The smallest absolute Gasteiger partial charge is 0.134 e. The van der Waals surface area contributed by atoms with E-state index in [2.05, 4.69) is 39.0 Å². The Morgan fingerprint density at radius 1 is 1.44 bits per heavy atom. The minimum absolute atomic E-state index is 0.315. The van der Waals surface area contributed by atoms with Gasteiger partial charge in [-0.15, -0.1) is 0 Å². The molecule has 18 heavy (non-hydrogen) atoms. The van der Waals surface area contributed by atoms with E-state index in [1.807, 2.05) is 6.92 Å². The predicted octanol–water partition coefficient (Wildman–Crippen LogP) is 3.80. The molecule has 0 aromatic carbocycles. The van der Waals surface area contributed by atoms with Crippen molar-refractivity contribution in [3.8, 4) is 0 Å². The lowest BCUT2D eigenvalue weighted by molar-refractivity contribution is 0.781. The molecule has 0 amide bonds. The highest BCUT2D eigenvalue weighted by Crippen LogP contribution is 2.15. The molecule has 0 aliphatic carbocycles. The van der Waals surface area contributed by atoms with Gasteiger partial charge in [-0.1, -0.05) is 18.5 Å². The van der Waals surface area contributed by atoms with Crippen LogP contribution in [0.25, 0.3) is 0 Å². The van der Waals surface area contributed by atoms with E-state index in [1.165, 1.54) is 5.56 Å². The van der Waals surface area contributed by atoms with Gasteiger partial charge in [0.05, 0.1) is 0 Å². The minimum atomic E-state index is 0.315. The Morgan fingerprint density at radius 2 is 2.28 bits per heavy atom. The molecular formula is C13H16ClN3S. The van der Waals surface area contributed by atoms with E-state index in [-0.39, 0.29) is 0 Å². The molecule has 2 heterocycles. The maximum atomic E-state index is 5.97. The van der Waals surface area contributed by atoms with E-state index in [0.29, 0.717) is 11.2 Å². The van der Waals surface area contributed by atoms with Crippen molar-refractivity contribution in [3.05, 3.63) is 39.4 Å². The first kappa shape index (κ1) is 13.3. The van der Waals surface area contributed by atoms with Crippen LogP contribution in [0.4, 0.5) is 5.82 Å². The number of aryl methyl sites for hydroxylation is 1. The van der Waals surface area contributed by atoms with Gasteiger partial charge in [-0.25, -0.2) is 9.97 Å². The summed E-state index contributed by atoms with van der Waals surface area (Å²) in [5.74, 6) is 1.57. The molecule has 0 saturated heterocycles. The molecule has 5 heteroatoms. The van der Waals surface area contributed by atoms with Gasteiger partial charge in [0.1, 0.15) is 16.8 Å². The second kappa shape index (κ2) is 6.16. The van der Waals surface area contributed by atoms with Gasteiger partial charge in [0.15, 0.2) is 0 Å². The lowest BCUT2D eigenvalue weighted by atomic mass is 10.1. The van der Waals surface area contributed by atoms with Crippen LogP contribution in [0.15, 0.2) is 22.9 Å². The van der Waals surface area contributed by atoms with Gasteiger partial charge in [-0.3, -0.25) is 0 Å². The largest absolute Gasteiger partial charge is 0.367 e. The summed E-state index contributed by atoms with van der Waals surface area (Å²) in [4.78, 5) is 8.57. The molecule has 1 unspecified atom stereocenters. The monoisotopic (exact) mass is 281 g/mol. The summed E-state index contributed by atoms with van der Waals surface area (Å²) >= 11 is 7.69. The maximum Gasteiger partial charge on any atom is 0.134 e. The highest BCUT2D eigenvalue weighted by Gasteiger charge is 2.07. The normalized spacial score (nSPS) is 12.4. The zero-order valence-corrected chi connectivity index (χ0v) is 12.1. The standard InChI is InChI=1S/C13H16ClN3S/c1-3-12-16-11(14)7-13(17-12)15-9(2)6-10-4-5-18-8-10/h4-5,7-9H,3,6H2,1-2H3,(H,15,16,17). The number of halogens is 1. The van der Waals surface area contributed by atoms with Gasteiger partial charge < -0.3 is 5.32 Å². The van der Waals surface area contributed by atoms with Gasteiger partial charge >= 0.3 is 0 Å². The van der Waals surface area contributed by atoms with Gasteiger partial charge in [-0.2, -0.15) is 11.3 Å². The van der Waals surface area contributed by atoms with Crippen LogP contribution >= 0.6 is 22.9 Å². The molecule has 0 aliphatic rings. The molecule has 1 atom stereocenters. The van der Waals surface area contributed by atoms with Crippen LogP contribution in [-0.2, 0) is 12.8 Å². The summed E-state index contributed by atoms with van der Waals surface area (Å²) in [5.41, 5.74) is 1.34. The summed E-state index contributed by atoms with van der Waals surface area (Å²) in [6.45, 7) is 4.16. The molecule has 0 fully saturated rings. The van der Waals surface area contributed by atoms with Crippen LogP contribution in [0.3, 0.4) is 0 Å². The van der Waals surface area contributed by atoms with E-state index < -0.39 is 0 Å². The number of anilines is 1. The van der Waals surface area contributed by atoms with Gasteiger partial charge in [0, 0.05) is 18.5 Å². The number of nitrogens with one attached hydrogen (secondary N) is 1. The molecule has 0 spiro atoms. The van der Waals surface area contributed by atoms with Crippen molar-refractivity contribution in [2.75, 3.05) is 5.32 Å². The van der Waals surface area contributed by atoms with Crippen molar-refractivity contribution in [1.29, 1.82) is 0 Å². The molecule has 0 bridgehead atoms. The lowest BCUT2D eigenvalue weighted by Crippen LogP contribution is -2.19. The number of rotatable bonds is 5. The Hall–Kier alpha value is -1.13. The highest BCUT2D eigenvalue weighted by atomic mass is 35.5. The second-order valence-electron chi connectivity index (χ2n) is 4.23. The number of nitrogens with zero attached hydrogens (tertiary/aromatic N) is 2. The third-order valence-corrected chi connectivity index (χ3v) is 3.50. The Kier molecular flexibility index (Phi) is 4.55. The molecule has 1 N–H and O–H groups in total. The molecule has 2 aromatic rings. The molecule has 96 valence electrons. The van der Waals surface area contributed by atoms with Gasteiger partial charge in [-0.05, 0) is 35.7 Å². The third kappa shape index (κ3) is 3.68. The summed E-state index contributed by atoms with van der Waals surface area (Å²) in [5, 5.41) is 8.12. The summed E-state index contributed by atoms with van der Waals surface area (Å²) < 4.78 is 0. The third-order valence-electron chi connectivity index (χ3n) is 2.57. The molecule has 0 saturated carbocycles. The van der Waals surface area contributed by atoms with Crippen molar-refractivity contribution in [1.82, 2.24) is 9.97 Å². The van der Waals surface area contributed by atoms with Crippen LogP contribution in [0.2, 0.25) is 5.15 Å². The van der Waals surface area contributed by atoms with Crippen molar-refractivity contribution >= 4 is 28.8 Å². The fourth-order valence-corrected chi connectivity index (χ4v) is 2.65. The first-order chi connectivity index (χ1) is 8.67. The summed E-state index contributed by atoms with van der Waals surface area (Å²) in [6, 6.07) is 4.23. The van der Waals surface area contributed by atoms with Crippen molar-refractivity contribution < 1.29 is 0 Å². The number of aromatic nitrogens is 2. The molecule has 2 aromatic heterocycles. The van der Waals surface area contributed by atoms with E-state index in [0.717, 1.165) is 24.5 Å². The molecule has 0 radical (unpaired) electrons. The quantitative estimate of drug-likeness (QED) is 0.847. The van der Waals surface area contributed by atoms with Crippen LogP contribution < -0.4 is 5.32 Å². The van der Waals surface area contributed by atoms with E-state index in [9.17, 15) is 0 Å². The summed E-state index contributed by atoms with van der Waals surface area (Å²) in [6.07, 6.45) is 1.76. The first-order valence-corrected chi connectivity index (χ1v) is 7.30. The van der Waals surface area contributed by atoms with E-state index >= 15 is 0 Å². The predicted molar refractivity (Wildman–Crippen MR) is 77.5 cm³/mol. The Morgan fingerprint density at radius 3 is 2.94 bits per heavy atom. The van der Waals surface area contributed by atoms with E-state index in [1.54, 1.807) is 17.4 Å².